The second-order valence-corrected chi connectivity index (χ2v) is 7.06. The summed E-state index contributed by atoms with van der Waals surface area (Å²) >= 11 is 5.79. The van der Waals surface area contributed by atoms with E-state index in [0.717, 1.165) is 0 Å². The molecule has 21 heavy (non-hydrogen) atoms. The molecule has 0 N–H and O–H groups in total. The van der Waals surface area contributed by atoms with Crippen LogP contribution in [-0.4, -0.2) is 28.7 Å². The molecule has 2 heterocycles. The zero-order chi connectivity index (χ0) is 15.5. The van der Waals surface area contributed by atoms with E-state index in [9.17, 15) is 8.42 Å². The van der Waals surface area contributed by atoms with Crippen LogP contribution in [-0.2, 0) is 16.6 Å². The summed E-state index contributed by atoms with van der Waals surface area (Å²) in [6, 6.07) is 8.00. The highest BCUT2D eigenvalue weighted by Gasteiger charge is 2.27. The van der Waals surface area contributed by atoms with Crippen LogP contribution in [0.2, 0.25) is 5.15 Å². The molecule has 0 saturated carbocycles. The average Bonchev–Trinajstić information content (AvgIpc) is 2.45. The Morgan fingerprint density at radius 3 is 2.52 bits per heavy atom. The first kappa shape index (κ1) is 15.9. The third-order valence-electron chi connectivity index (χ3n) is 2.92. The van der Waals surface area contributed by atoms with Crippen LogP contribution in [0.15, 0.2) is 47.6 Å². The van der Waals surface area contributed by atoms with Crippen molar-refractivity contribution in [2.24, 2.45) is 0 Å². The highest BCUT2D eigenvalue weighted by atomic mass is 35.5. The minimum absolute atomic E-state index is 0.132. The summed E-state index contributed by atoms with van der Waals surface area (Å²) in [6.07, 6.45) is 3.03. The lowest BCUT2D eigenvalue weighted by molar-refractivity contribution is 0.344. The molecule has 0 unspecified atom stereocenters. The van der Waals surface area contributed by atoms with E-state index in [2.05, 4.69) is 9.97 Å². The average molecular weight is 326 g/mol. The zero-order valence-electron chi connectivity index (χ0n) is 11.8. The Balaban J connectivity index is 2.37. The molecule has 5 nitrogen and oxygen atoms in total. The van der Waals surface area contributed by atoms with Crippen LogP contribution in [0.3, 0.4) is 0 Å². The van der Waals surface area contributed by atoms with Gasteiger partial charge in [-0.1, -0.05) is 17.7 Å². The van der Waals surface area contributed by atoms with E-state index >= 15 is 0 Å². The molecule has 0 aliphatic heterocycles. The fraction of sp³-hybridized carbons (Fsp3) is 0.286. The van der Waals surface area contributed by atoms with Crippen molar-refractivity contribution in [3.05, 3.63) is 53.6 Å². The fourth-order valence-electron chi connectivity index (χ4n) is 1.88. The summed E-state index contributed by atoms with van der Waals surface area (Å²) in [5.74, 6) is 0. The van der Waals surface area contributed by atoms with Crippen molar-refractivity contribution in [1.29, 1.82) is 0 Å². The van der Waals surface area contributed by atoms with Crippen LogP contribution >= 0.6 is 11.6 Å². The van der Waals surface area contributed by atoms with Gasteiger partial charge in [0.2, 0.25) is 10.0 Å². The Labute approximate surface area is 129 Å². The lowest BCUT2D eigenvalue weighted by Crippen LogP contribution is -2.36. The molecule has 2 aromatic rings. The summed E-state index contributed by atoms with van der Waals surface area (Å²) in [4.78, 5) is 8.12. The first-order valence-electron chi connectivity index (χ1n) is 6.44. The third-order valence-corrected chi connectivity index (χ3v) is 5.15. The molecule has 0 aromatic carbocycles. The van der Waals surface area contributed by atoms with Gasteiger partial charge >= 0.3 is 0 Å². The van der Waals surface area contributed by atoms with Crippen molar-refractivity contribution < 1.29 is 8.42 Å². The van der Waals surface area contributed by atoms with Gasteiger partial charge in [0.15, 0.2) is 0 Å². The van der Waals surface area contributed by atoms with Gasteiger partial charge in [-0.15, -0.1) is 0 Å². The number of pyridine rings is 2. The standard InChI is InChI=1S/C14H16ClN3O2S/c1-11(2)18(10-12-5-3-4-7-16-12)21(19,20)13-6-8-17-14(15)9-13/h3-9,11H,10H2,1-2H3. The molecule has 7 heteroatoms. The summed E-state index contributed by atoms with van der Waals surface area (Å²) in [5.41, 5.74) is 0.690. The Hall–Kier alpha value is -1.50. The molecular weight excluding hydrogens is 310 g/mol. The molecule has 0 amide bonds. The Kier molecular flexibility index (Phi) is 4.92. The number of rotatable bonds is 5. The molecule has 0 spiro atoms. The largest absolute Gasteiger partial charge is 0.260 e. The third kappa shape index (κ3) is 3.78. The van der Waals surface area contributed by atoms with E-state index in [1.165, 1.54) is 22.6 Å². The second kappa shape index (κ2) is 6.51. The van der Waals surface area contributed by atoms with Crippen molar-refractivity contribution in [2.45, 2.75) is 31.3 Å². The molecular formula is C14H16ClN3O2S. The maximum Gasteiger partial charge on any atom is 0.243 e. The molecule has 0 atom stereocenters. The van der Waals surface area contributed by atoms with Gasteiger partial charge in [0.05, 0.1) is 17.1 Å². The fourth-order valence-corrected chi connectivity index (χ4v) is 3.74. The quantitative estimate of drug-likeness (QED) is 0.793. The number of hydrogen-bond donors (Lipinski definition) is 0. The highest BCUT2D eigenvalue weighted by Crippen LogP contribution is 2.21. The maximum atomic E-state index is 12.7. The van der Waals surface area contributed by atoms with E-state index in [1.807, 2.05) is 19.9 Å². The van der Waals surface area contributed by atoms with Gasteiger partial charge in [-0.25, -0.2) is 13.4 Å². The summed E-state index contributed by atoms with van der Waals surface area (Å²) < 4.78 is 26.9. The molecule has 0 bridgehead atoms. The number of hydrogen-bond acceptors (Lipinski definition) is 4. The SMILES string of the molecule is CC(C)N(Cc1ccccn1)S(=O)(=O)c1ccnc(Cl)c1. The van der Waals surface area contributed by atoms with Gasteiger partial charge < -0.3 is 0 Å². The van der Waals surface area contributed by atoms with Crippen LogP contribution < -0.4 is 0 Å². The monoisotopic (exact) mass is 325 g/mol. The van der Waals surface area contributed by atoms with Gasteiger partial charge in [0.1, 0.15) is 5.15 Å². The highest BCUT2D eigenvalue weighted by molar-refractivity contribution is 7.89. The normalized spacial score (nSPS) is 12.0. The molecule has 2 rings (SSSR count). The zero-order valence-corrected chi connectivity index (χ0v) is 13.3. The van der Waals surface area contributed by atoms with Crippen LogP contribution in [0.4, 0.5) is 0 Å². The smallest absolute Gasteiger partial charge is 0.243 e. The Morgan fingerprint density at radius 2 is 1.95 bits per heavy atom. The molecule has 0 aliphatic carbocycles. The number of aromatic nitrogens is 2. The van der Waals surface area contributed by atoms with E-state index in [4.69, 9.17) is 11.6 Å². The summed E-state index contributed by atoms with van der Waals surface area (Å²) in [5, 5.41) is 0.151. The van der Waals surface area contributed by atoms with Gasteiger partial charge in [-0.2, -0.15) is 4.31 Å². The minimum atomic E-state index is -3.65. The first-order valence-corrected chi connectivity index (χ1v) is 8.26. The van der Waals surface area contributed by atoms with E-state index < -0.39 is 10.0 Å². The second-order valence-electron chi connectivity index (χ2n) is 4.78. The van der Waals surface area contributed by atoms with Crippen molar-refractivity contribution in [2.75, 3.05) is 0 Å². The van der Waals surface area contributed by atoms with Crippen molar-refractivity contribution >= 4 is 21.6 Å². The molecule has 112 valence electrons. The van der Waals surface area contributed by atoms with Crippen molar-refractivity contribution in [3.63, 3.8) is 0 Å². The Bertz CT molecular complexity index is 705. The molecule has 0 radical (unpaired) electrons. The molecule has 0 saturated heterocycles. The minimum Gasteiger partial charge on any atom is -0.260 e. The number of sulfonamides is 1. The topological polar surface area (TPSA) is 63.2 Å². The first-order chi connectivity index (χ1) is 9.91. The van der Waals surface area contributed by atoms with E-state index in [0.29, 0.717) is 5.69 Å². The van der Waals surface area contributed by atoms with Crippen LogP contribution in [0.5, 0.6) is 0 Å². The van der Waals surface area contributed by atoms with E-state index in [-0.39, 0.29) is 22.6 Å². The van der Waals surface area contributed by atoms with Crippen LogP contribution in [0.25, 0.3) is 0 Å². The molecule has 0 aliphatic rings. The van der Waals surface area contributed by atoms with Crippen LogP contribution in [0, 0.1) is 0 Å². The van der Waals surface area contributed by atoms with Gasteiger partial charge in [-0.05, 0) is 38.1 Å². The maximum absolute atomic E-state index is 12.7. The van der Waals surface area contributed by atoms with Gasteiger partial charge in [0, 0.05) is 18.4 Å². The lowest BCUT2D eigenvalue weighted by atomic mass is 10.3. The predicted octanol–water partition coefficient (Wildman–Crippen LogP) is 2.73. The van der Waals surface area contributed by atoms with Gasteiger partial charge in [-0.3, -0.25) is 4.98 Å². The van der Waals surface area contributed by atoms with Crippen molar-refractivity contribution in [1.82, 2.24) is 14.3 Å². The van der Waals surface area contributed by atoms with Gasteiger partial charge in [0.25, 0.3) is 0 Å². The lowest BCUT2D eigenvalue weighted by Gasteiger charge is -2.25. The van der Waals surface area contributed by atoms with Crippen molar-refractivity contribution in [3.8, 4) is 0 Å². The van der Waals surface area contributed by atoms with E-state index in [1.54, 1.807) is 18.3 Å². The Morgan fingerprint density at radius 1 is 1.19 bits per heavy atom. The number of nitrogens with zero attached hydrogens (tertiary/aromatic N) is 3. The predicted molar refractivity (Wildman–Crippen MR) is 81.3 cm³/mol. The summed E-state index contributed by atoms with van der Waals surface area (Å²) in [7, 11) is -3.65. The number of halogens is 1. The molecule has 0 fully saturated rings. The molecule has 2 aromatic heterocycles. The van der Waals surface area contributed by atoms with Crippen LogP contribution in [0.1, 0.15) is 19.5 Å². The summed E-state index contributed by atoms with van der Waals surface area (Å²) in [6.45, 7) is 3.85.